The first-order valence-electron chi connectivity index (χ1n) is 4.30. The standard InChI is InChI=1S/C10H9ClO4S/c11-16(14,15)7-9-4-2-1-3-8(9)5-6-10(12)13/h1-6H,7H2,(H,12,13)/b6-5+. The highest BCUT2D eigenvalue weighted by molar-refractivity contribution is 8.13. The van der Waals surface area contributed by atoms with Crippen molar-refractivity contribution in [3.63, 3.8) is 0 Å². The highest BCUT2D eigenvalue weighted by atomic mass is 35.7. The van der Waals surface area contributed by atoms with Crippen LogP contribution in [0.1, 0.15) is 11.1 Å². The number of halogens is 1. The van der Waals surface area contributed by atoms with E-state index < -0.39 is 15.0 Å². The summed E-state index contributed by atoms with van der Waals surface area (Å²) in [5, 5.41) is 8.47. The monoisotopic (exact) mass is 260 g/mol. The predicted octanol–water partition coefficient (Wildman–Crippen LogP) is 1.85. The molecule has 0 amide bonds. The molecule has 0 radical (unpaired) electrons. The Morgan fingerprint density at radius 3 is 2.56 bits per heavy atom. The summed E-state index contributed by atoms with van der Waals surface area (Å²) in [4.78, 5) is 10.3. The van der Waals surface area contributed by atoms with Crippen LogP contribution in [-0.4, -0.2) is 19.5 Å². The van der Waals surface area contributed by atoms with Crippen LogP contribution in [0.4, 0.5) is 0 Å². The fourth-order valence-electron chi connectivity index (χ4n) is 1.18. The summed E-state index contributed by atoms with van der Waals surface area (Å²) >= 11 is 0. The number of hydrogen-bond donors (Lipinski definition) is 1. The Morgan fingerprint density at radius 2 is 2.00 bits per heavy atom. The molecule has 1 rings (SSSR count). The molecule has 0 aliphatic heterocycles. The van der Waals surface area contributed by atoms with E-state index in [4.69, 9.17) is 15.8 Å². The highest BCUT2D eigenvalue weighted by Gasteiger charge is 2.09. The molecule has 0 aliphatic carbocycles. The minimum absolute atomic E-state index is 0.325. The van der Waals surface area contributed by atoms with E-state index in [0.29, 0.717) is 11.1 Å². The maximum absolute atomic E-state index is 10.9. The van der Waals surface area contributed by atoms with Crippen molar-refractivity contribution in [2.45, 2.75) is 5.75 Å². The molecular weight excluding hydrogens is 252 g/mol. The Bertz CT molecular complexity index is 519. The summed E-state index contributed by atoms with van der Waals surface area (Å²) in [6.45, 7) is 0. The van der Waals surface area contributed by atoms with E-state index in [2.05, 4.69) is 0 Å². The van der Waals surface area contributed by atoms with Gasteiger partial charge in [0.05, 0.1) is 5.75 Å². The number of hydrogen-bond acceptors (Lipinski definition) is 3. The highest BCUT2D eigenvalue weighted by Crippen LogP contribution is 2.16. The molecule has 6 heteroatoms. The third-order valence-electron chi connectivity index (χ3n) is 1.79. The molecule has 0 aromatic heterocycles. The fraction of sp³-hybridized carbons (Fsp3) is 0.100. The van der Waals surface area contributed by atoms with Gasteiger partial charge in [0.15, 0.2) is 0 Å². The van der Waals surface area contributed by atoms with Gasteiger partial charge in [-0.3, -0.25) is 0 Å². The van der Waals surface area contributed by atoms with Crippen molar-refractivity contribution >= 4 is 31.8 Å². The van der Waals surface area contributed by atoms with Crippen LogP contribution in [0.15, 0.2) is 30.3 Å². The first-order chi connectivity index (χ1) is 7.38. The third-order valence-corrected chi connectivity index (χ3v) is 2.77. The summed E-state index contributed by atoms with van der Waals surface area (Å²) in [5.74, 6) is -1.42. The van der Waals surface area contributed by atoms with Crippen molar-refractivity contribution in [2.75, 3.05) is 0 Å². The molecule has 0 heterocycles. The number of benzene rings is 1. The SMILES string of the molecule is O=C(O)/C=C/c1ccccc1CS(=O)(=O)Cl. The second-order valence-electron chi connectivity index (χ2n) is 3.05. The summed E-state index contributed by atoms with van der Waals surface area (Å²) in [7, 11) is 1.49. The molecule has 0 bridgehead atoms. The molecule has 1 aromatic rings. The molecule has 0 fully saturated rings. The lowest BCUT2D eigenvalue weighted by atomic mass is 10.1. The fourth-order valence-corrected chi connectivity index (χ4v) is 2.16. The Labute approximate surface area is 97.6 Å². The minimum atomic E-state index is -3.65. The number of carboxylic acids is 1. The zero-order chi connectivity index (χ0) is 12.2. The maximum atomic E-state index is 10.9. The van der Waals surface area contributed by atoms with Crippen molar-refractivity contribution in [3.05, 3.63) is 41.5 Å². The molecule has 1 N–H and O–H groups in total. The van der Waals surface area contributed by atoms with Crippen molar-refractivity contribution in [2.24, 2.45) is 0 Å². The minimum Gasteiger partial charge on any atom is -0.478 e. The molecule has 0 saturated carbocycles. The van der Waals surface area contributed by atoms with Crippen molar-refractivity contribution < 1.29 is 18.3 Å². The summed E-state index contributed by atoms with van der Waals surface area (Å²) in [5.41, 5.74) is 0.990. The molecule has 86 valence electrons. The lowest BCUT2D eigenvalue weighted by Crippen LogP contribution is -1.97. The van der Waals surface area contributed by atoms with Gasteiger partial charge in [0.25, 0.3) is 0 Å². The largest absolute Gasteiger partial charge is 0.478 e. The van der Waals surface area contributed by atoms with E-state index in [1.165, 1.54) is 6.08 Å². The molecule has 16 heavy (non-hydrogen) atoms. The second kappa shape index (κ2) is 5.14. The number of carboxylic acid groups (broad SMARTS) is 1. The van der Waals surface area contributed by atoms with Gasteiger partial charge in [0.1, 0.15) is 0 Å². The van der Waals surface area contributed by atoms with Gasteiger partial charge in [0, 0.05) is 16.8 Å². The molecule has 4 nitrogen and oxygen atoms in total. The molecule has 0 aliphatic rings. The van der Waals surface area contributed by atoms with E-state index in [1.807, 2.05) is 0 Å². The lowest BCUT2D eigenvalue weighted by molar-refractivity contribution is -0.131. The zero-order valence-electron chi connectivity index (χ0n) is 8.13. The second-order valence-corrected chi connectivity index (χ2v) is 5.83. The van der Waals surface area contributed by atoms with Gasteiger partial charge in [-0.1, -0.05) is 24.3 Å². The summed E-state index contributed by atoms with van der Waals surface area (Å²) in [6.07, 6.45) is 2.28. The van der Waals surface area contributed by atoms with Gasteiger partial charge in [-0.25, -0.2) is 13.2 Å². The smallest absolute Gasteiger partial charge is 0.328 e. The van der Waals surface area contributed by atoms with Crippen LogP contribution in [0.3, 0.4) is 0 Å². The third kappa shape index (κ3) is 4.46. The quantitative estimate of drug-likeness (QED) is 0.662. The summed E-state index contributed by atoms with van der Waals surface area (Å²) in [6, 6.07) is 6.56. The van der Waals surface area contributed by atoms with Crippen molar-refractivity contribution in [3.8, 4) is 0 Å². The van der Waals surface area contributed by atoms with Crippen LogP contribution < -0.4 is 0 Å². The van der Waals surface area contributed by atoms with E-state index in [0.717, 1.165) is 6.08 Å². The molecular formula is C10H9ClO4S. The average Bonchev–Trinajstić information content (AvgIpc) is 2.14. The number of rotatable bonds is 4. The van der Waals surface area contributed by atoms with E-state index in [9.17, 15) is 13.2 Å². The van der Waals surface area contributed by atoms with Gasteiger partial charge in [0.2, 0.25) is 9.05 Å². The summed E-state index contributed by atoms with van der Waals surface area (Å²) < 4.78 is 21.8. The number of carbonyl (C=O) groups is 1. The normalized spacial score (nSPS) is 11.8. The van der Waals surface area contributed by atoms with Crippen molar-refractivity contribution in [1.82, 2.24) is 0 Å². The topological polar surface area (TPSA) is 71.4 Å². The van der Waals surface area contributed by atoms with Gasteiger partial charge < -0.3 is 5.11 Å². The number of aliphatic carboxylic acids is 1. The van der Waals surface area contributed by atoms with E-state index in [1.54, 1.807) is 24.3 Å². The lowest BCUT2D eigenvalue weighted by Gasteiger charge is -2.02. The molecule has 0 unspecified atom stereocenters. The van der Waals surface area contributed by atoms with E-state index in [-0.39, 0.29) is 5.75 Å². The first-order valence-corrected chi connectivity index (χ1v) is 6.77. The van der Waals surface area contributed by atoms with Crippen molar-refractivity contribution in [1.29, 1.82) is 0 Å². The van der Waals surface area contributed by atoms with Crippen LogP contribution in [-0.2, 0) is 19.6 Å². The van der Waals surface area contributed by atoms with Crippen LogP contribution >= 0.6 is 10.7 Å². The van der Waals surface area contributed by atoms with Crippen LogP contribution in [0.25, 0.3) is 6.08 Å². The Morgan fingerprint density at radius 1 is 1.38 bits per heavy atom. The Kier molecular flexibility index (Phi) is 4.09. The predicted molar refractivity (Wildman–Crippen MR) is 61.6 cm³/mol. The molecule has 1 aromatic carbocycles. The van der Waals surface area contributed by atoms with Gasteiger partial charge in [-0.2, -0.15) is 0 Å². The first kappa shape index (κ1) is 12.7. The maximum Gasteiger partial charge on any atom is 0.328 e. The van der Waals surface area contributed by atoms with Gasteiger partial charge >= 0.3 is 5.97 Å². The average molecular weight is 261 g/mol. The Hall–Kier alpha value is -1.33. The molecule has 0 spiro atoms. The zero-order valence-corrected chi connectivity index (χ0v) is 9.70. The van der Waals surface area contributed by atoms with E-state index >= 15 is 0 Å². The molecule has 0 saturated heterocycles. The molecule has 0 atom stereocenters. The van der Waals surface area contributed by atoms with Crippen LogP contribution in [0.2, 0.25) is 0 Å². The van der Waals surface area contributed by atoms with Gasteiger partial charge in [-0.15, -0.1) is 0 Å². The van der Waals surface area contributed by atoms with Crippen LogP contribution in [0, 0.1) is 0 Å². The van der Waals surface area contributed by atoms with Gasteiger partial charge in [-0.05, 0) is 17.2 Å². The van der Waals surface area contributed by atoms with Crippen LogP contribution in [0.5, 0.6) is 0 Å². The Balaban J connectivity index is 3.05.